The van der Waals surface area contributed by atoms with Crippen LogP contribution in [0.3, 0.4) is 0 Å². The average molecular weight is 521 g/mol. The van der Waals surface area contributed by atoms with E-state index in [0.29, 0.717) is 37.6 Å². The molecule has 10 nitrogen and oxygen atoms in total. The minimum Gasteiger partial charge on any atom is -0.508 e. The zero-order valence-corrected chi connectivity index (χ0v) is 22.0. The number of tetrazole rings is 1. The van der Waals surface area contributed by atoms with Crippen LogP contribution in [0.15, 0.2) is 48.5 Å². The highest BCUT2D eigenvalue weighted by Crippen LogP contribution is 2.26. The quantitative estimate of drug-likeness (QED) is 0.351. The molecule has 1 heterocycles. The van der Waals surface area contributed by atoms with Crippen molar-refractivity contribution >= 4 is 11.8 Å². The maximum Gasteiger partial charge on any atom is 0.247 e. The number of nitrogens with one attached hydrogen (secondary N) is 1. The van der Waals surface area contributed by atoms with Crippen molar-refractivity contribution in [1.82, 2.24) is 30.4 Å². The fourth-order valence-corrected chi connectivity index (χ4v) is 4.70. The second-order valence-corrected chi connectivity index (χ2v) is 9.63. The molecule has 4 rings (SSSR count). The number of phenolic OH excluding ortho intramolecular Hbond substituents is 1. The van der Waals surface area contributed by atoms with Crippen molar-refractivity contribution in [3.8, 4) is 17.1 Å². The number of hydrogen-bond donors (Lipinski definition) is 2. The van der Waals surface area contributed by atoms with E-state index in [-0.39, 0.29) is 30.2 Å². The third-order valence-electron chi connectivity index (χ3n) is 6.72. The molecule has 38 heavy (non-hydrogen) atoms. The first-order valence-electron chi connectivity index (χ1n) is 13.3. The molecule has 0 unspecified atom stereocenters. The van der Waals surface area contributed by atoms with Crippen LogP contribution in [0.2, 0.25) is 0 Å². The third-order valence-corrected chi connectivity index (χ3v) is 6.72. The van der Waals surface area contributed by atoms with E-state index >= 15 is 0 Å². The predicted molar refractivity (Wildman–Crippen MR) is 142 cm³/mol. The first-order valence-corrected chi connectivity index (χ1v) is 13.3. The van der Waals surface area contributed by atoms with Crippen molar-refractivity contribution in [2.75, 3.05) is 19.8 Å². The molecule has 1 aliphatic carbocycles. The van der Waals surface area contributed by atoms with Gasteiger partial charge in [0.1, 0.15) is 18.3 Å². The highest BCUT2D eigenvalue weighted by Gasteiger charge is 2.33. The van der Waals surface area contributed by atoms with E-state index in [1.807, 2.05) is 38.1 Å². The Bertz CT molecular complexity index is 1190. The Balaban J connectivity index is 1.58. The number of aryl methyl sites for hydroxylation is 1. The molecule has 0 radical (unpaired) electrons. The summed E-state index contributed by atoms with van der Waals surface area (Å²) in [7, 11) is 0. The number of aromatic hydroxyl groups is 1. The number of ether oxygens (including phenoxy) is 1. The monoisotopic (exact) mass is 520 g/mol. The lowest BCUT2D eigenvalue weighted by atomic mass is 10.0. The summed E-state index contributed by atoms with van der Waals surface area (Å²) in [6, 6.07) is 13.4. The number of hydrogen-bond acceptors (Lipinski definition) is 7. The van der Waals surface area contributed by atoms with E-state index in [9.17, 15) is 14.7 Å². The largest absolute Gasteiger partial charge is 0.508 e. The highest BCUT2D eigenvalue weighted by molar-refractivity contribution is 5.89. The molecule has 2 aromatic carbocycles. The average Bonchev–Trinajstić information content (AvgIpc) is 3.59. The van der Waals surface area contributed by atoms with Crippen LogP contribution >= 0.6 is 0 Å². The smallest absolute Gasteiger partial charge is 0.247 e. The van der Waals surface area contributed by atoms with Crippen molar-refractivity contribution in [3.05, 3.63) is 59.7 Å². The zero-order chi connectivity index (χ0) is 26.9. The predicted octanol–water partition coefficient (Wildman–Crippen LogP) is 3.41. The van der Waals surface area contributed by atoms with Gasteiger partial charge in [-0.15, -0.1) is 10.2 Å². The van der Waals surface area contributed by atoms with Gasteiger partial charge in [0.15, 0.2) is 0 Å². The number of benzene rings is 2. The lowest BCUT2D eigenvalue weighted by molar-refractivity contribution is -0.142. The van der Waals surface area contributed by atoms with E-state index in [2.05, 4.69) is 20.7 Å². The van der Waals surface area contributed by atoms with Gasteiger partial charge < -0.3 is 20.1 Å². The van der Waals surface area contributed by atoms with Gasteiger partial charge in [-0.05, 0) is 56.0 Å². The molecule has 10 heteroatoms. The molecule has 202 valence electrons. The number of carbonyl (C=O) groups excluding carboxylic acids is 2. The molecule has 0 bridgehead atoms. The van der Waals surface area contributed by atoms with Crippen molar-refractivity contribution in [2.24, 2.45) is 0 Å². The first kappa shape index (κ1) is 27.3. The molecule has 1 saturated carbocycles. The van der Waals surface area contributed by atoms with Gasteiger partial charge >= 0.3 is 0 Å². The molecule has 1 fully saturated rings. The van der Waals surface area contributed by atoms with E-state index < -0.39 is 6.04 Å². The van der Waals surface area contributed by atoms with Crippen molar-refractivity contribution < 1.29 is 19.4 Å². The molecule has 2 amide bonds. The second-order valence-electron chi connectivity index (χ2n) is 9.63. The molecule has 0 aliphatic heterocycles. The van der Waals surface area contributed by atoms with E-state index in [0.717, 1.165) is 36.8 Å². The van der Waals surface area contributed by atoms with E-state index in [4.69, 9.17) is 4.74 Å². The summed E-state index contributed by atoms with van der Waals surface area (Å²) in [5.74, 6) is -0.0311. The summed E-state index contributed by atoms with van der Waals surface area (Å²) in [6.45, 7) is 5.09. The molecular formula is C28H36N6O4. The first-order chi connectivity index (χ1) is 18.4. The fourth-order valence-electron chi connectivity index (χ4n) is 4.70. The third kappa shape index (κ3) is 7.16. The Morgan fingerprint density at radius 3 is 2.53 bits per heavy atom. The van der Waals surface area contributed by atoms with Gasteiger partial charge in [-0.2, -0.15) is 4.80 Å². The van der Waals surface area contributed by atoms with Crippen LogP contribution in [0, 0.1) is 6.92 Å². The SMILES string of the molecule is CCOCCCN(C(=O)Cn1nnc(-c2ccc(C)cc2)n1)[C@H](C(=O)NC1CCCC1)c1ccc(O)cc1. The van der Waals surface area contributed by atoms with Crippen LogP contribution in [0.4, 0.5) is 0 Å². The van der Waals surface area contributed by atoms with Crippen LogP contribution in [0.25, 0.3) is 11.4 Å². The Morgan fingerprint density at radius 2 is 1.84 bits per heavy atom. The number of phenols is 1. The summed E-state index contributed by atoms with van der Waals surface area (Å²) >= 11 is 0. The lowest BCUT2D eigenvalue weighted by Crippen LogP contribution is -2.47. The fraction of sp³-hybridized carbons (Fsp3) is 0.464. The summed E-state index contributed by atoms with van der Waals surface area (Å²) in [5.41, 5.74) is 2.55. The lowest BCUT2D eigenvalue weighted by Gasteiger charge is -2.32. The van der Waals surface area contributed by atoms with Gasteiger partial charge in [-0.25, -0.2) is 0 Å². The second kappa shape index (κ2) is 13.1. The standard InChI is InChI=1S/C28H36N6O4/c1-3-38-18-6-17-33(25(36)19-34-31-27(30-32-34)22-11-9-20(2)10-12-22)26(21-13-15-24(35)16-14-21)28(37)29-23-7-4-5-8-23/h9-16,23,26,35H,3-8,17-19H2,1-2H3,(H,29,37)/t26-/m0/s1. The van der Waals surface area contributed by atoms with Gasteiger partial charge in [0.25, 0.3) is 0 Å². The maximum absolute atomic E-state index is 13.7. The molecule has 2 N–H and O–H groups in total. The molecular weight excluding hydrogens is 484 g/mol. The Labute approximate surface area is 223 Å². The summed E-state index contributed by atoms with van der Waals surface area (Å²) in [6.07, 6.45) is 4.57. The van der Waals surface area contributed by atoms with Crippen LogP contribution in [0.1, 0.15) is 56.2 Å². The minimum atomic E-state index is -0.870. The topological polar surface area (TPSA) is 122 Å². The number of rotatable bonds is 12. The molecule has 1 aliphatic rings. The minimum absolute atomic E-state index is 0.0911. The van der Waals surface area contributed by atoms with Gasteiger partial charge in [-0.1, -0.05) is 54.8 Å². The summed E-state index contributed by atoms with van der Waals surface area (Å²) in [4.78, 5) is 30.2. The Morgan fingerprint density at radius 1 is 1.13 bits per heavy atom. The number of amides is 2. The molecule has 3 aromatic rings. The van der Waals surface area contributed by atoms with Gasteiger partial charge in [0.05, 0.1) is 0 Å². The molecule has 1 aromatic heterocycles. The highest BCUT2D eigenvalue weighted by atomic mass is 16.5. The van der Waals surface area contributed by atoms with Crippen LogP contribution in [0.5, 0.6) is 5.75 Å². The van der Waals surface area contributed by atoms with Gasteiger partial charge in [0, 0.05) is 31.4 Å². The van der Waals surface area contributed by atoms with Crippen molar-refractivity contribution in [1.29, 1.82) is 0 Å². The molecule has 0 saturated heterocycles. The van der Waals surface area contributed by atoms with E-state index in [1.165, 1.54) is 16.9 Å². The Kier molecular flexibility index (Phi) is 9.42. The zero-order valence-electron chi connectivity index (χ0n) is 22.0. The summed E-state index contributed by atoms with van der Waals surface area (Å²) in [5, 5.41) is 25.6. The molecule has 0 spiro atoms. The summed E-state index contributed by atoms with van der Waals surface area (Å²) < 4.78 is 5.50. The van der Waals surface area contributed by atoms with Gasteiger partial charge in [0.2, 0.25) is 17.6 Å². The molecule has 1 atom stereocenters. The van der Waals surface area contributed by atoms with Gasteiger partial charge in [-0.3, -0.25) is 9.59 Å². The normalized spacial score (nSPS) is 14.4. The van der Waals surface area contributed by atoms with Crippen LogP contribution in [-0.2, 0) is 20.9 Å². The van der Waals surface area contributed by atoms with E-state index in [1.54, 1.807) is 17.0 Å². The Hall–Kier alpha value is -3.79. The van der Waals surface area contributed by atoms with Crippen molar-refractivity contribution in [3.63, 3.8) is 0 Å². The van der Waals surface area contributed by atoms with Crippen LogP contribution < -0.4 is 5.32 Å². The van der Waals surface area contributed by atoms with Crippen LogP contribution in [-0.4, -0.2) is 67.8 Å². The van der Waals surface area contributed by atoms with Crippen molar-refractivity contribution in [2.45, 2.75) is 64.6 Å². The number of nitrogens with zero attached hydrogens (tertiary/aromatic N) is 5. The number of carbonyl (C=O) groups is 2. The number of aromatic nitrogens is 4. The maximum atomic E-state index is 13.7.